The van der Waals surface area contributed by atoms with Gasteiger partial charge in [0.1, 0.15) is 18.3 Å². The highest BCUT2D eigenvalue weighted by Gasteiger charge is 2.12. The van der Waals surface area contributed by atoms with Gasteiger partial charge in [-0.3, -0.25) is 0 Å². The van der Waals surface area contributed by atoms with Crippen LogP contribution < -0.4 is 5.32 Å². The van der Waals surface area contributed by atoms with Crippen LogP contribution in [0, 0.1) is 0 Å². The van der Waals surface area contributed by atoms with Crippen molar-refractivity contribution in [3.63, 3.8) is 0 Å². The number of benzene rings is 2. The van der Waals surface area contributed by atoms with Gasteiger partial charge in [0.25, 0.3) is 0 Å². The number of rotatable bonds is 5. The highest BCUT2D eigenvalue weighted by molar-refractivity contribution is 6.35. The molecule has 2 aromatic carbocycles. The van der Waals surface area contributed by atoms with E-state index in [0.717, 1.165) is 23.6 Å². The third kappa shape index (κ3) is 3.97. The fourth-order valence-electron chi connectivity index (χ4n) is 2.50. The van der Waals surface area contributed by atoms with E-state index >= 15 is 0 Å². The quantitative estimate of drug-likeness (QED) is 0.685. The smallest absolute Gasteiger partial charge is 0.158 e. The summed E-state index contributed by atoms with van der Waals surface area (Å²) in [5, 5.41) is 3.53. The average Bonchev–Trinajstić information content (AvgIpc) is 3.04. The summed E-state index contributed by atoms with van der Waals surface area (Å²) in [6.45, 7) is 2.96. The summed E-state index contributed by atoms with van der Waals surface area (Å²) in [7, 11) is 0. The Morgan fingerprint density at radius 1 is 1.00 bits per heavy atom. The van der Waals surface area contributed by atoms with Gasteiger partial charge in [0.15, 0.2) is 5.76 Å². The maximum absolute atomic E-state index is 6.22. The molecule has 3 rings (SSSR count). The molecule has 0 aliphatic heterocycles. The first kappa shape index (κ1) is 16.1. The first-order chi connectivity index (χ1) is 11.1. The molecule has 1 atom stereocenters. The van der Waals surface area contributed by atoms with Crippen LogP contribution in [-0.4, -0.2) is 0 Å². The number of hydrogen-bond donors (Lipinski definition) is 1. The van der Waals surface area contributed by atoms with Gasteiger partial charge in [0.2, 0.25) is 0 Å². The number of quaternary nitrogens is 1. The van der Waals surface area contributed by atoms with Gasteiger partial charge in [-0.25, -0.2) is 0 Å². The maximum atomic E-state index is 6.22. The summed E-state index contributed by atoms with van der Waals surface area (Å²) in [6, 6.07) is 20.1. The second-order valence-corrected chi connectivity index (χ2v) is 6.37. The van der Waals surface area contributed by atoms with Crippen molar-refractivity contribution in [2.75, 3.05) is 0 Å². The predicted octanol–water partition coefficient (Wildman–Crippen LogP) is 5.08. The zero-order valence-electron chi connectivity index (χ0n) is 12.8. The van der Waals surface area contributed by atoms with Crippen molar-refractivity contribution in [2.45, 2.75) is 19.5 Å². The second kappa shape index (κ2) is 7.22. The summed E-state index contributed by atoms with van der Waals surface area (Å²) >= 11 is 12.3. The molecule has 0 spiro atoms. The molecular formula is C19H18Cl2NO+. The van der Waals surface area contributed by atoms with Crippen LogP contribution in [0.5, 0.6) is 0 Å². The molecule has 0 aliphatic rings. The number of furan rings is 1. The van der Waals surface area contributed by atoms with E-state index in [1.54, 1.807) is 12.1 Å². The molecule has 1 aromatic heterocycles. The van der Waals surface area contributed by atoms with Gasteiger partial charge in [0.05, 0.1) is 5.02 Å². The minimum Gasteiger partial charge on any atom is -0.455 e. The van der Waals surface area contributed by atoms with E-state index in [1.165, 1.54) is 5.56 Å². The zero-order chi connectivity index (χ0) is 16.2. The van der Waals surface area contributed by atoms with Crippen LogP contribution in [0.25, 0.3) is 11.3 Å². The van der Waals surface area contributed by atoms with E-state index in [0.29, 0.717) is 16.1 Å². The fourth-order valence-corrected chi connectivity index (χ4v) is 2.89. The molecule has 23 heavy (non-hydrogen) atoms. The summed E-state index contributed by atoms with van der Waals surface area (Å²) in [6.07, 6.45) is 0. The van der Waals surface area contributed by atoms with E-state index in [-0.39, 0.29) is 0 Å². The molecule has 0 amide bonds. The standard InChI is InChI=1S/C19H17Cl2NO/c1-13(14-5-3-2-4-6-14)22-12-16-8-10-19(23-16)17-11-15(20)7-9-18(17)21/h2-11,13,22H,12H2,1H3/p+1/t13-/m0/s1. The Hall–Kier alpha value is -1.74. The zero-order valence-corrected chi connectivity index (χ0v) is 14.3. The van der Waals surface area contributed by atoms with Gasteiger partial charge in [-0.05, 0) is 37.3 Å². The molecule has 0 fully saturated rings. The predicted molar refractivity (Wildman–Crippen MR) is 94.7 cm³/mol. The molecule has 1 heterocycles. The number of nitrogens with two attached hydrogens (primary N) is 1. The normalized spacial score (nSPS) is 12.3. The van der Waals surface area contributed by atoms with Crippen LogP contribution in [0.3, 0.4) is 0 Å². The number of hydrogen-bond acceptors (Lipinski definition) is 1. The first-order valence-corrected chi connectivity index (χ1v) is 8.31. The summed E-state index contributed by atoms with van der Waals surface area (Å²) in [5.74, 6) is 1.66. The third-order valence-corrected chi connectivity index (χ3v) is 4.42. The largest absolute Gasteiger partial charge is 0.455 e. The van der Waals surface area contributed by atoms with Gasteiger partial charge >= 0.3 is 0 Å². The molecule has 0 bridgehead atoms. The molecule has 0 unspecified atom stereocenters. The van der Waals surface area contributed by atoms with Crippen molar-refractivity contribution >= 4 is 23.2 Å². The fraction of sp³-hybridized carbons (Fsp3) is 0.158. The van der Waals surface area contributed by atoms with Crippen LogP contribution in [-0.2, 0) is 6.54 Å². The Bertz CT molecular complexity index is 783. The Morgan fingerprint density at radius 2 is 1.78 bits per heavy atom. The number of halogens is 2. The second-order valence-electron chi connectivity index (χ2n) is 5.53. The summed E-state index contributed by atoms with van der Waals surface area (Å²) in [5.41, 5.74) is 2.12. The van der Waals surface area contributed by atoms with E-state index in [1.807, 2.05) is 24.3 Å². The van der Waals surface area contributed by atoms with Crippen molar-refractivity contribution < 1.29 is 9.73 Å². The van der Waals surface area contributed by atoms with Crippen molar-refractivity contribution in [1.29, 1.82) is 0 Å². The highest BCUT2D eigenvalue weighted by Crippen LogP contribution is 2.31. The molecule has 0 aliphatic carbocycles. The van der Waals surface area contributed by atoms with Gasteiger partial charge in [-0.1, -0.05) is 53.5 Å². The van der Waals surface area contributed by atoms with E-state index < -0.39 is 0 Å². The molecular weight excluding hydrogens is 329 g/mol. The van der Waals surface area contributed by atoms with E-state index in [4.69, 9.17) is 27.6 Å². The van der Waals surface area contributed by atoms with Crippen LogP contribution >= 0.6 is 23.2 Å². The van der Waals surface area contributed by atoms with Gasteiger partial charge in [0, 0.05) is 16.1 Å². The first-order valence-electron chi connectivity index (χ1n) is 7.56. The highest BCUT2D eigenvalue weighted by atomic mass is 35.5. The average molecular weight is 347 g/mol. The van der Waals surface area contributed by atoms with E-state index in [2.05, 4.69) is 36.5 Å². The lowest BCUT2D eigenvalue weighted by Gasteiger charge is -2.09. The summed E-state index contributed by atoms with van der Waals surface area (Å²) in [4.78, 5) is 0. The Morgan fingerprint density at radius 3 is 2.57 bits per heavy atom. The van der Waals surface area contributed by atoms with Crippen molar-refractivity contribution in [3.05, 3.63) is 82.0 Å². The topological polar surface area (TPSA) is 29.8 Å². The van der Waals surface area contributed by atoms with Crippen molar-refractivity contribution in [3.8, 4) is 11.3 Å². The van der Waals surface area contributed by atoms with Crippen molar-refractivity contribution in [1.82, 2.24) is 0 Å². The molecule has 0 radical (unpaired) electrons. The molecule has 0 saturated carbocycles. The Kier molecular flexibility index (Phi) is 5.06. The van der Waals surface area contributed by atoms with Crippen molar-refractivity contribution in [2.24, 2.45) is 0 Å². The van der Waals surface area contributed by atoms with Crippen LogP contribution in [0.2, 0.25) is 10.0 Å². The molecule has 3 aromatic rings. The molecule has 2 N–H and O–H groups in total. The summed E-state index contributed by atoms with van der Waals surface area (Å²) < 4.78 is 5.92. The lowest BCUT2D eigenvalue weighted by Crippen LogP contribution is -2.82. The molecule has 2 nitrogen and oxygen atoms in total. The van der Waals surface area contributed by atoms with Crippen LogP contribution in [0.4, 0.5) is 0 Å². The minimum atomic E-state index is 0.375. The Balaban J connectivity index is 1.69. The molecule has 0 saturated heterocycles. The van der Waals surface area contributed by atoms with Gasteiger partial charge in [-0.15, -0.1) is 0 Å². The van der Waals surface area contributed by atoms with Crippen LogP contribution in [0.15, 0.2) is 65.1 Å². The molecule has 4 heteroatoms. The molecule has 118 valence electrons. The lowest BCUT2D eigenvalue weighted by atomic mass is 10.1. The minimum absolute atomic E-state index is 0.375. The lowest BCUT2D eigenvalue weighted by molar-refractivity contribution is -0.709. The van der Waals surface area contributed by atoms with Gasteiger partial charge in [-0.2, -0.15) is 0 Å². The Labute approximate surface area is 146 Å². The van der Waals surface area contributed by atoms with Crippen LogP contribution in [0.1, 0.15) is 24.3 Å². The SMILES string of the molecule is C[C@H]([NH2+]Cc1ccc(-c2cc(Cl)ccc2Cl)o1)c1ccccc1. The third-order valence-electron chi connectivity index (χ3n) is 3.85. The maximum Gasteiger partial charge on any atom is 0.158 e. The van der Waals surface area contributed by atoms with E-state index in [9.17, 15) is 0 Å². The van der Waals surface area contributed by atoms with Gasteiger partial charge < -0.3 is 9.73 Å². The monoisotopic (exact) mass is 346 g/mol.